The zero-order valence-electron chi connectivity index (χ0n) is 19.4. The SMILES string of the molecule is C=CC(=O)Nc1cc(Cl)cc(-c2nc(Nc3cccc(N4CCC(C)CC4)c3)nc3[nH]ncc23)c1. The van der Waals surface area contributed by atoms with Crippen LogP contribution in [0.5, 0.6) is 0 Å². The van der Waals surface area contributed by atoms with Crippen molar-refractivity contribution < 1.29 is 4.79 Å². The first-order chi connectivity index (χ1) is 17.0. The highest BCUT2D eigenvalue weighted by Gasteiger charge is 2.17. The monoisotopic (exact) mass is 487 g/mol. The van der Waals surface area contributed by atoms with Crippen LogP contribution in [0.1, 0.15) is 19.8 Å². The molecule has 1 fully saturated rings. The molecule has 5 rings (SSSR count). The zero-order chi connectivity index (χ0) is 24.4. The topological polar surface area (TPSA) is 98.8 Å². The lowest BCUT2D eigenvalue weighted by molar-refractivity contribution is -0.111. The summed E-state index contributed by atoms with van der Waals surface area (Å²) < 4.78 is 0. The highest BCUT2D eigenvalue weighted by molar-refractivity contribution is 6.31. The molecule has 0 spiro atoms. The van der Waals surface area contributed by atoms with Crippen LogP contribution in [-0.2, 0) is 4.79 Å². The molecule has 1 aliphatic heterocycles. The second-order valence-corrected chi connectivity index (χ2v) is 9.23. The summed E-state index contributed by atoms with van der Waals surface area (Å²) in [6.45, 7) is 7.93. The molecule has 0 aliphatic carbocycles. The van der Waals surface area contributed by atoms with E-state index < -0.39 is 0 Å². The Labute approximate surface area is 208 Å². The Morgan fingerprint density at radius 3 is 2.80 bits per heavy atom. The fraction of sp³-hybridized carbons (Fsp3) is 0.231. The van der Waals surface area contributed by atoms with E-state index in [0.717, 1.165) is 35.6 Å². The van der Waals surface area contributed by atoms with Gasteiger partial charge in [0.1, 0.15) is 0 Å². The molecule has 0 atom stereocenters. The van der Waals surface area contributed by atoms with E-state index in [2.05, 4.69) is 56.4 Å². The Hall–Kier alpha value is -3.91. The van der Waals surface area contributed by atoms with Crippen molar-refractivity contribution in [1.29, 1.82) is 0 Å². The molecule has 1 amide bonds. The molecule has 35 heavy (non-hydrogen) atoms. The van der Waals surface area contributed by atoms with Crippen molar-refractivity contribution in [1.82, 2.24) is 20.2 Å². The number of hydrogen-bond donors (Lipinski definition) is 3. The van der Waals surface area contributed by atoms with Crippen LogP contribution < -0.4 is 15.5 Å². The minimum atomic E-state index is -0.320. The summed E-state index contributed by atoms with van der Waals surface area (Å²) in [6, 6.07) is 13.6. The van der Waals surface area contributed by atoms with E-state index in [0.29, 0.717) is 28.0 Å². The molecule has 1 aliphatic rings. The molecule has 3 N–H and O–H groups in total. The van der Waals surface area contributed by atoms with Gasteiger partial charge in [0.2, 0.25) is 11.9 Å². The average molecular weight is 488 g/mol. The summed E-state index contributed by atoms with van der Waals surface area (Å²) in [5.41, 5.74) is 4.59. The number of aromatic nitrogens is 4. The van der Waals surface area contributed by atoms with Gasteiger partial charge in [-0.25, -0.2) is 4.98 Å². The van der Waals surface area contributed by atoms with Crippen LogP contribution >= 0.6 is 11.6 Å². The molecule has 178 valence electrons. The van der Waals surface area contributed by atoms with Gasteiger partial charge in [-0.3, -0.25) is 9.89 Å². The number of amides is 1. The summed E-state index contributed by atoms with van der Waals surface area (Å²) in [5.74, 6) is 0.884. The standard InChI is InChI=1S/C26H26ClN7O/c1-3-23(35)29-20-12-17(11-18(27)13-20)24-22-15-28-33-25(22)32-26(31-24)30-19-5-4-6-21(14-19)34-9-7-16(2)8-10-34/h3-6,11-16H,1,7-10H2,2H3,(H,29,35)(H2,28,30,31,32,33). The van der Waals surface area contributed by atoms with Gasteiger partial charge in [-0.1, -0.05) is 31.2 Å². The predicted molar refractivity (Wildman–Crippen MR) is 141 cm³/mol. The van der Waals surface area contributed by atoms with Crippen molar-refractivity contribution in [2.24, 2.45) is 5.92 Å². The summed E-state index contributed by atoms with van der Waals surface area (Å²) in [6.07, 6.45) is 5.29. The molecule has 4 aromatic rings. The fourth-order valence-corrected chi connectivity index (χ4v) is 4.51. The van der Waals surface area contributed by atoms with E-state index in [9.17, 15) is 4.79 Å². The van der Waals surface area contributed by atoms with E-state index in [-0.39, 0.29) is 5.91 Å². The molecule has 9 heteroatoms. The van der Waals surface area contributed by atoms with Crippen LogP contribution in [0, 0.1) is 5.92 Å². The van der Waals surface area contributed by atoms with Gasteiger partial charge in [0.05, 0.1) is 17.3 Å². The first-order valence-electron chi connectivity index (χ1n) is 11.6. The van der Waals surface area contributed by atoms with Crippen molar-refractivity contribution in [2.45, 2.75) is 19.8 Å². The van der Waals surface area contributed by atoms with E-state index in [1.165, 1.54) is 24.6 Å². The van der Waals surface area contributed by atoms with E-state index in [4.69, 9.17) is 16.6 Å². The molecular weight excluding hydrogens is 462 g/mol. The van der Waals surface area contributed by atoms with Crippen molar-refractivity contribution in [3.8, 4) is 11.3 Å². The average Bonchev–Trinajstić information content (AvgIpc) is 3.32. The number of aromatic amines is 1. The normalized spacial score (nSPS) is 14.2. The zero-order valence-corrected chi connectivity index (χ0v) is 20.1. The molecule has 1 saturated heterocycles. The van der Waals surface area contributed by atoms with Crippen LogP contribution in [0.2, 0.25) is 5.02 Å². The number of benzene rings is 2. The number of halogens is 1. The number of rotatable bonds is 6. The third-order valence-electron chi connectivity index (χ3n) is 6.18. The van der Waals surface area contributed by atoms with E-state index >= 15 is 0 Å². The lowest BCUT2D eigenvalue weighted by atomic mass is 9.99. The van der Waals surface area contributed by atoms with Crippen molar-refractivity contribution >= 4 is 51.6 Å². The van der Waals surface area contributed by atoms with Crippen LogP contribution in [0.4, 0.5) is 23.0 Å². The number of nitrogens with zero attached hydrogens (tertiary/aromatic N) is 4. The summed E-state index contributed by atoms with van der Waals surface area (Å²) in [7, 11) is 0. The van der Waals surface area contributed by atoms with Crippen molar-refractivity contribution in [3.63, 3.8) is 0 Å². The minimum Gasteiger partial charge on any atom is -0.371 e. The highest BCUT2D eigenvalue weighted by atomic mass is 35.5. The maximum absolute atomic E-state index is 11.8. The number of anilines is 4. The minimum absolute atomic E-state index is 0.320. The van der Waals surface area contributed by atoms with E-state index in [1.807, 2.05) is 18.2 Å². The highest BCUT2D eigenvalue weighted by Crippen LogP contribution is 2.32. The Bertz CT molecular complexity index is 1390. The Kier molecular flexibility index (Phi) is 6.37. The largest absolute Gasteiger partial charge is 0.371 e. The summed E-state index contributed by atoms with van der Waals surface area (Å²) in [5, 5.41) is 14.4. The molecular formula is C26H26ClN7O. The number of nitrogens with one attached hydrogen (secondary N) is 3. The molecule has 8 nitrogen and oxygen atoms in total. The maximum Gasteiger partial charge on any atom is 0.247 e. The molecule has 0 saturated carbocycles. The van der Waals surface area contributed by atoms with Gasteiger partial charge in [-0.2, -0.15) is 10.1 Å². The van der Waals surface area contributed by atoms with Gasteiger partial charge in [-0.15, -0.1) is 0 Å². The molecule has 2 aromatic heterocycles. The summed E-state index contributed by atoms with van der Waals surface area (Å²) >= 11 is 6.36. The molecule has 0 radical (unpaired) electrons. The van der Waals surface area contributed by atoms with Gasteiger partial charge >= 0.3 is 0 Å². The number of hydrogen-bond acceptors (Lipinski definition) is 6. The van der Waals surface area contributed by atoms with Gasteiger partial charge in [0.25, 0.3) is 0 Å². The Morgan fingerprint density at radius 2 is 2.00 bits per heavy atom. The smallest absolute Gasteiger partial charge is 0.247 e. The second-order valence-electron chi connectivity index (χ2n) is 8.79. The van der Waals surface area contributed by atoms with Crippen LogP contribution in [0.15, 0.2) is 61.3 Å². The van der Waals surface area contributed by atoms with Gasteiger partial charge in [0.15, 0.2) is 5.65 Å². The van der Waals surface area contributed by atoms with Gasteiger partial charge in [-0.05, 0) is 61.2 Å². The van der Waals surface area contributed by atoms with Crippen LogP contribution in [0.3, 0.4) is 0 Å². The number of carbonyl (C=O) groups is 1. The Morgan fingerprint density at radius 1 is 1.17 bits per heavy atom. The second kappa shape index (κ2) is 9.76. The maximum atomic E-state index is 11.8. The number of fused-ring (bicyclic) bond motifs is 1. The molecule has 0 unspecified atom stereocenters. The number of piperidine rings is 1. The molecule has 0 bridgehead atoms. The lowest BCUT2D eigenvalue weighted by Gasteiger charge is -2.32. The fourth-order valence-electron chi connectivity index (χ4n) is 4.28. The first-order valence-corrected chi connectivity index (χ1v) is 11.9. The third kappa shape index (κ3) is 5.12. The Balaban J connectivity index is 1.48. The quantitative estimate of drug-likeness (QED) is 0.298. The third-order valence-corrected chi connectivity index (χ3v) is 6.40. The van der Waals surface area contributed by atoms with Crippen molar-refractivity contribution in [3.05, 3.63) is 66.3 Å². The summed E-state index contributed by atoms with van der Waals surface area (Å²) in [4.78, 5) is 23.6. The predicted octanol–water partition coefficient (Wildman–Crippen LogP) is 5.78. The van der Waals surface area contributed by atoms with E-state index in [1.54, 1.807) is 18.3 Å². The van der Waals surface area contributed by atoms with Crippen LogP contribution in [-0.4, -0.2) is 39.2 Å². The van der Waals surface area contributed by atoms with Crippen molar-refractivity contribution in [2.75, 3.05) is 28.6 Å². The lowest BCUT2D eigenvalue weighted by Crippen LogP contribution is -2.32. The molecule has 2 aromatic carbocycles. The van der Waals surface area contributed by atoms with Gasteiger partial charge < -0.3 is 15.5 Å². The van der Waals surface area contributed by atoms with Crippen LogP contribution in [0.25, 0.3) is 22.3 Å². The number of carbonyl (C=O) groups excluding carboxylic acids is 1. The first kappa shape index (κ1) is 22.9. The number of H-pyrrole nitrogens is 1. The molecule has 3 heterocycles. The van der Waals surface area contributed by atoms with Gasteiger partial charge in [0, 0.05) is 40.7 Å².